The summed E-state index contributed by atoms with van der Waals surface area (Å²) in [5, 5.41) is 21.4. The van der Waals surface area contributed by atoms with Gasteiger partial charge < -0.3 is 14.8 Å². The van der Waals surface area contributed by atoms with Gasteiger partial charge in [0, 0.05) is 10.0 Å². The minimum atomic E-state index is -0.534. The van der Waals surface area contributed by atoms with Crippen LogP contribution >= 0.6 is 15.9 Å². The molecular weight excluding hydrogens is 336 g/mol. The van der Waals surface area contributed by atoms with Crippen LogP contribution < -0.4 is 5.32 Å². The third-order valence-corrected chi connectivity index (χ3v) is 3.15. The van der Waals surface area contributed by atoms with Crippen LogP contribution in [0.5, 0.6) is 5.75 Å². The van der Waals surface area contributed by atoms with Crippen LogP contribution in [0, 0.1) is 11.3 Å². The van der Waals surface area contributed by atoms with Crippen molar-refractivity contribution in [2.75, 3.05) is 0 Å². The average molecular weight is 347 g/mol. The van der Waals surface area contributed by atoms with E-state index >= 15 is 0 Å². The van der Waals surface area contributed by atoms with Gasteiger partial charge in [0.1, 0.15) is 23.2 Å². The first-order chi connectivity index (χ1) is 10.1. The molecule has 6 heteroatoms. The van der Waals surface area contributed by atoms with Gasteiger partial charge in [-0.2, -0.15) is 5.26 Å². The molecule has 2 N–H and O–H groups in total. The normalized spacial score (nSPS) is 11.0. The molecule has 21 heavy (non-hydrogen) atoms. The van der Waals surface area contributed by atoms with Gasteiger partial charge in [-0.1, -0.05) is 15.9 Å². The fourth-order valence-electron chi connectivity index (χ4n) is 1.62. The summed E-state index contributed by atoms with van der Waals surface area (Å²) in [6.45, 7) is 0.190. The first-order valence-electron chi connectivity index (χ1n) is 6.01. The quantitative estimate of drug-likeness (QED) is 0.658. The summed E-state index contributed by atoms with van der Waals surface area (Å²) in [6, 6.07) is 10.0. The molecule has 1 aromatic carbocycles. The molecule has 0 radical (unpaired) electrons. The topological polar surface area (TPSA) is 86.3 Å². The molecule has 0 aliphatic rings. The number of rotatable bonds is 4. The van der Waals surface area contributed by atoms with Gasteiger partial charge in [-0.25, -0.2) is 0 Å². The number of aromatic hydroxyl groups is 1. The first kappa shape index (κ1) is 14.9. The van der Waals surface area contributed by atoms with Gasteiger partial charge in [0.25, 0.3) is 5.91 Å². The number of furan rings is 1. The van der Waals surface area contributed by atoms with E-state index in [1.807, 2.05) is 6.07 Å². The van der Waals surface area contributed by atoms with Crippen molar-refractivity contribution >= 4 is 27.9 Å². The lowest BCUT2D eigenvalue weighted by molar-refractivity contribution is -0.117. The van der Waals surface area contributed by atoms with E-state index < -0.39 is 5.91 Å². The maximum Gasteiger partial charge on any atom is 0.262 e. The van der Waals surface area contributed by atoms with E-state index in [0.29, 0.717) is 11.3 Å². The molecule has 0 atom stereocenters. The lowest BCUT2D eigenvalue weighted by Gasteiger charge is -2.03. The molecule has 0 aliphatic heterocycles. The Morgan fingerprint density at radius 2 is 2.29 bits per heavy atom. The highest BCUT2D eigenvalue weighted by atomic mass is 79.9. The summed E-state index contributed by atoms with van der Waals surface area (Å²) in [7, 11) is 0. The van der Waals surface area contributed by atoms with Crippen LogP contribution in [0.4, 0.5) is 0 Å². The van der Waals surface area contributed by atoms with E-state index in [0.717, 1.165) is 4.47 Å². The molecule has 106 valence electrons. The number of nitrogens with one attached hydrogen (secondary N) is 1. The van der Waals surface area contributed by atoms with Crippen molar-refractivity contribution in [1.82, 2.24) is 5.32 Å². The van der Waals surface area contributed by atoms with Gasteiger partial charge in [0.2, 0.25) is 0 Å². The van der Waals surface area contributed by atoms with Gasteiger partial charge in [0.05, 0.1) is 12.8 Å². The molecule has 0 saturated carbocycles. The predicted molar refractivity (Wildman–Crippen MR) is 80.0 cm³/mol. The number of nitriles is 1. The van der Waals surface area contributed by atoms with Crippen LogP contribution in [0.15, 0.2) is 51.1 Å². The Morgan fingerprint density at radius 1 is 1.48 bits per heavy atom. The lowest BCUT2D eigenvalue weighted by atomic mass is 10.1. The molecule has 2 aromatic rings. The zero-order valence-corrected chi connectivity index (χ0v) is 12.4. The number of amides is 1. The molecule has 0 bridgehead atoms. The number of carbonyl (C=O) groups is 1. The van der Waals surface area contributed by atoms with Gasteiger partial charge in [0.15, 0.2) is 0 Å². The minimum Gasteiger partial charge on any atom is -0.507 e. The largest absolute Gasteiger partial charge is 0.507 e. The summed E-state index contributed by atoms with van der Waals surface area (Å²) in [6.07, 6.45) is 2.83. The number of phenolic OH excluding ortho intramolecular Hbond substituents is 1. The first-order valence-corrected chi connectivity index (χ1v) is 6.80. The summed E-state index contributed by atoms with van der Waals surface area (Å²) in [5.41, 5.74) is 0.282. The van der Waals surface area contributed by atoms with Crippen LogP contribution in [0.1, 0.15) is 11.3 Å². The fourth-order valence-corrected chi connectivity index (χ4v) is 2.00. The number of hydrogen-bond donors (Lipinski definition) is 2. The van der Waals surface area contributed by atoms with E-state index in [1.54, 1.807) is 24.3 Å². The third kappa shape index (κ3) is 3.97. The van der Waals surface area contributed by atoms with Crippen molar-refractivity contribution in [3.05, 3.63) is 58.0 Å². The second-order valence-electron chi connectivity index (χ2n) is 4.13. The Hall–Kier alpha value is -2.52. The number of hydrogen-bond acceptors (Lipinski definition) is 4. The molecule has 1 heterocycles. The van der Waals surface area contributed by atoms with Crippen LogP contribution in [0.3, 0.4) is 0 Å². The highest BCUT2D eigenvalue weighted by Crippen LogP contribution is 2.24. The van der Waals surface area contributed by atoms with Crippen molar-refractivity contribution < 1.29 is 14.3 Å². The number of halogens is 1. The van der Waals surface area contributed by atoms with E-state index in [4.69, 9.17) is 9.68 Å². The van der Waals surface area contributed by atoms with Crippen molar-refractivity contribution in [3.63, 3.8) is 0 Å². The molecule has 0 unspecified atom stereocenters. The predicted octanol–water partition coefficient (Wildman–Crippen LogP) is 2.97. The second kappa shape index (κ2) is 6.77. The summed E-state index contributed by atoms with van der Waals surface area (Å²) >= 11 is 3.27. The Kier molecular flexibility index (Phi) is 4.80. The molecule has 0 aliphatic carbocycles. The summed E-state index contributed by atoms with van der Waals surface area (Å²) in [5.74, 6) is 0.0454. The highest BCUT2D eigenvalue weighted by molar-refractivity contribution is 9.10. The number of phenols is 1. The summed E-state index contributed by atoms with van der Waals surface area (Å²) < 4.78 is 5.82. The van der Waals surface area contributed by atoms with E-state index in [1.165, 1.54) is 18.4 Å². The monoisotopic (exact) mass is 346 g/mol. The Morgan fingerprint density at radius 3 is 2.95 bits per heavy atom. The number of carbonyl (C=O) groups excluding carboxylic acids is 1. The molecule has 0 fully saturated rings. The van der Waals surface area contributed by atoms with Crippen LogP contribution in [0.25, 0.3) is 6.08 Å². The van der Waals surface area contributed by atoms with Crippen molar-refractivity contribution in [3.8, 4) is 11.8 Å². The van der Waals surface area contributed by atoms with Crippen molar-refractivity contribution in [2.45, 2.75) is 6.54 Å². The van der Waals surface area contributed by atoms with Gasteiger partial charge in [-0.15, -0.1) is 0 Å². The fraction of sp³-hybridized carbons (Fsp3) is 0.0667. The zero-order chi connectivity index (χ0) is 15.2. The second-order valence-corrected chi connectivity index (χ2v) is 5.05. The Bertz CT molecular complexity index is 715. The van der Waals surface area contributed by atoms with Crippen LogP contribution in [-0.4, -0.2) is 11.0 Å². The lowest BCUT2D eigenvalue weighted by Crippen LogP contribution is -2.23. The smallest absolute Gasteiger partial charge is 0.262 e. The van der Waals surface area contributed by atoms with Crippen LogP contribution in [-0.2, 0) is 11.3 Å². The van der Waals surface area contributed by atoms with Gasteiger partial charge in [-0.05, 0) is 36.4 Å². The van der Waals surface area contributed by atoms with Crippen LogP contribution in [0.2, 0.25) is 0 Å². The maximum atomic E-state index is 11.9. The highest BCUT2D eigenvalue weighted by Gasteiger charge is 2.11. The summed E-state index contributed by atoms with van der Waals surface area (Å²) in [4.78, 5) is 11.9. The SMILES string of the molecule is N#C/C(=C\c1cc(Br)ccc1O)C(=O)NCc1ccco1. The minimum absolute atomic E-state index is 0.00946. The van der Waals surface area contributed by atoms with E-state index in [9.17, 15) is 9.90 Å². The molecule has 1 amide bonds. The van der Waals surface area contributed by atoms with Crippen molar-refractivity contribution in [2.24, 2.45) is 0 Å². The zero-order valence-electron chi connectivity index (χ0n) is 10.8. The Labute approximate surface area is 129 Å². The van der Waals surface area contributed by atoms with Gasteiger partial charge in [-0.3, -0.25) is 4.79 Å². The third-order valence-electron chi connectivity index (χ3n) is 2.66. The maximum absolute atomic E-state index is 11.9. The Balaban J connectivity index is 2.14. The molecule has 5 nitrogen and oxygen atoms in total. The van der Waals surface area contributed by atoms with E-state index in [-0.39, 0.29) is 17.9 Å². The number of benzene rings is 1. The molecule has 1 aromatic heterocycles. The van der Waals surface area contributed by atoms with Gasteiger partial charge >= 0.3 is 0 Å². The molecule has 0 saturated heterocycles. The average Bonchev–Trinajstić information content (AvgIpc) is 2.99. The standard InChI is InChI=1S/C15H11BrN2O3/c16-12-3-4-14(19)10(7-12)6-11(8-17)15(20)18-9-13-2-1-5-21-13/h1-7,19H,9H2,(H,18,20)/b11-6+. The van der Waals surface area contributed by atoms with Crippen molar-refractivity contribution in [1.29, 1.82) is 5.26 Å². The number of nitrogens with zero attached hydrogens (tertiary/aromatic N) is 1. The van der Waals surface area contributed by atoms with E-state index in [2.05, 4.69) is 21.2 Å². The molecule has 0 spiro atoms. The molecule has 2 rings (SSSR count). The molecular formula is C15H11BrN2O3.